The third-order valence-corrected chi connectivity index (χ3v) is 7.76. The summed E-state index contributed by atoms with van der Waals surface area (Å²) in [6.45, 7) is 4.90. The lowest BCUT2D eigenvalue weighted by atomic mass is 9.97. The molecule has 0 spiro atoms. The number of hydrogen-bond acceptors (Lipinski definition) is 5. The van der Waals surface area contributed by atoms with Crippen LogP contribution in [-0.2, 0) is 4.74 Å². The number of rotatable bonds is 8. The summed E-state index contributed by atoms with van der Waals surface area (Å²) in [6, 6.07) is 23.0. The molecule has 0 radical (unpaired) electrons. The first-order valence-corrected chi connectivity index (χ1v) is 14.3. The number of morpholine rings is 1. The molecule has 6 nitrogen and oxygen atoms in total. The van der Waals surface area contributed by atoms with Crippen LogP contribution in [0.1, 0.15) is 6.42 Å². The van der Waals surface area contributed by atoms with Gasteiger partial charge in [-0.1, -0.05) is 65.1 Å². The fraction of sp³-hybridized carbons (Fsp3) is 0.226. The Balaban J connectivity index is 1.51. The third kappa shape index (κ3) is 5.69. The van der Waals surface area contributed by atoms with Gasteiger partial charge >= 0.3 is 0 Å². The molecular formula is C31H27Cl3N4O2. The second kappa shape index (κ2) is 12.2. The van der Waals surface area contributed by atoms with E-state index in [9.17, 15) is 0 Å². The highest BCUT2D eigenvalue weighted by molar-refractivity contribution is 6.36. The Hall–Kier alpha value is -3.13. The molecule has 9 heteroatoms. The van der Waals surface area contributed by atoms with E-state index in [0.717, 1.165) is 67.0 Å². The molecule has 40 heavy (non-hydrogen) atoms. The number of fused-ring (bicyclic) bond motifs is 1. The molecule has 6 rings (SSSR count). The number of aromatic nitrogens is 3. The van der Waals surface area contributed by atoms with Crippen molar-refractivity contribution >= 4 is 45.8 Å². The molecule has 204 valence electrons. The van der Waals surface area contributed by atoms with Crippen molar-refractivity contribution in [3.8, 4) is 33.8 Å². The SMILES string of the molecule is Clc1ccc(-c2c(-c3ccc(Cl)cc3Cl)nc3c(cnn3-c3ccccc3)c2OCCCN2CCOCC2)cc1. The number of benzene rings is 3. The van der Waals surface area contributed by atoms with Crippen molar-refractivity contribution in [3.63, 3.8) is 0 Å². The Morgan fingerprint density at radius 1 is 0.875 bits per heavy atom. The zero-order chi connectivity index (χ0) is 27.5. The molecule has 3 aromatic carbocycles. The Morgan fingerprint density at radius 2 is 1.62 bits per heavy atom. The molecule has 0 aliphatic carbocycles. The number of hydrogen-bond donors (Lipinski definition) is 0. The summed E-state index contributed by atoms with van der Waals surface area (Å²) in [7, 11) is 0. The minimum atomic E-state index is 0.499. The van der Waals surface area contributed by atoms with Gasteiger partial charge in [0.25, 0.3) is 0 Å². The molecule has 1 aliphatic rings. The van der Waals surface area contributed by atoms with Crippen LogP contribution in [0.4, 0.5) is 0 Å². The van der Waals surface area contributed by atoms with Gasteiger partial charge in [0.05, 0.1) is 53.4 Å². The highest BCUT2D eigenvalue weighted by Gasteiger charge is 2.24. The van der Waals surface area contributed by atoms with E-state index in [2.05, 4.69) is 4.90 Å². The van der Waals surface area contributed by atoms with E-state index < -0.39 is 0 Å². The van der Waals surface area contributed by atoms with Crippen LogP contribution in [0, 0.1) is 0 Å². The van der Waals surface area contributed by atoms with E-state index in [-0.39, 0.29) is 0 Å². The minimum Gasteiger partial charge on any atom is -0.492 e. The number of halogens is 3. The van der Waals surface area contributed by atoms with E-state index in [1.807, 2.05) is 77.6 Å². The summed E-state index contributed by atoms with van der Waals surface area (Å²) in [5.74, 6) is 0.706. The molecular weight excluding hydrogens is 567 g/mol. The summed E-state index contributed by atoms with van der Waals surface area (Å²) >= 11 is 19.3. The van der Waals surface area contributed by atoms with Gasteiger partial charge in [-0.3, -0.25) is 4.90 Å². The molecule has 0 atom stereocenters. The molecule has 1 fully saturated rings. The van der Waals surface area contributed by atoms with E-state index in [4.69, 9.17) is 54.4 Å². The maximum Gasteiger partial charge on any atom is 0.167 e. The molecule has 0 N–H and O–H groups in total. The number of ether oxygens (including phenoxy) is 2. The number of pyridine rings is 1. The van der Waals surface area contributed by atoms with Crippen LogP contribution in [0.25, 0.3) is 39.1 Å². The van der Waals surface area contributed by atoms with Crippen LogP contribution in [0.2, 0.25) is 15.1 Å². The van der Waals surface area contributed by atoms with Crippen LogP contribution in [-0.4, -0.2) is 59.1 Å². The Morgan fingerprint density at radius 3 is 2.38 bits per heavy atom. The largest absolute Gasteiger partial charge is 0.492 e. The topological polar surface area (TPSA) is 52.4 Å². The van der Waals surface area contributed by atoms with Crippen molar-refractivity contribution in [2.75, 3.05) is 39.5 Å². The van der Waals surface area contributed by atoms with Gasteiger partial charge in [0.1, 0.15) is 5.75 Å². The highest BCUT2D eigenvalue weighted by atomic mass is 35.5. The monoisotopic (exact) mass is 592 g/mol. The van der Waals surface area contributed by atoms with E-state index in [1.54, 1.807) is 6.07 Å². The third-order valence-electron chi connectivity index (χ3n) is 6.96. The zero-order valence-electron chi connectivity index (χ0n) is 21.7. The Bertz CT molecular complexity index is 1620. The second-order valence-electron chi connectivity index (χ2n) is 9.58. The van der Waals surface area contributed by atoms with E-state index >= 15 is 0 Å². The zero-order valence-corrected chi connectivity index (χ0v) is 24.0. The van der Waals surface area contributed by atoms with E-state index in [0.29, 0.717) is 38.8 Å². The van der Waals surface area contributed by atoms with Crippen molar-refractivity contribution in [2.45, 2.75) is 6.42 Å². The van der Waals surface area contributed by atoms with Gasteiger partial charge in [-0.05, 0) is 54.4 Å². The summed E-state index contributed by atoms with van der Waals surface area (Å²) in [6.07, 6.45) is 2.69. The molecule has 0 bridgehead atoms. The van der Waals surface area contributed by atoms with Crippen LogP contribution in [0.3, 0.4) is 0 Å². The number of para-hydroxylation sites is 1. The van der Waals surface area contributed by atoms with Gasteiger partial charge in [-0.25, -0.2) is 9.67 Å². The minimum absolute atomic E-state index is 0.499. The van der Waals surface area contributed by atoms with Crippen molar-refractivity contribution in [3.05, 3.63) is 94.1 Å². The molecule has 1 saturated heterocycles. The van der Waals surface area contributed by atoms with E-state index in [1.165, 1.54) is 0 Å². The predicted octanol–water partition coefficient (Wildman–Crippen LogP) is 7.82. The fourth-order valence-electron chi connectivity index (χ4n) is 4.97. The Labute approximate surface area is 248 Å². The first kappa shape index (κ1) is 27.1. The summed E-state index contributed by atoms with van der Waals surface area (Å²) < 4.78 is 14.0. The van der Waals surface area contributed by atoms with Crippen molar-refractivity contribution < 1.29 is 9.47 Å². The maximum absolute atomic E-state index is 6.77. The molecule has 0 saturated carbocycles. The lowest BCUT2D eigenvalue weighted by Crippen LogP contribution is -2.37. The van der Waals surface area contributed by atoms with Gasteiger partial charge in [0, 0.05) is 35.2 Å². The normalized spacial score (nSPS) is 14.1. The summed E-state index contributed by atoms with van der Waals surface area (Å²) in [4.78, 5) is 7.58. The summed E-state index contributed by atoms with van der Waals surface area (Å²) in [5, 5.41) is 7.24. The average molecular weight is 594 g/mol. The van der Waals surface area contributed by atoms with Gasteiger partial charge in [-0.15, -0.1) is 0 Å². The van der Waals surface area contributed by atoms with Crippen LogP contribution in [0.5, 0.6) is 5.75 Å². The molecule has 3 heterocycles. The predicted molar refractivity (Wildman–Crippen MR) is 162 cm³/mol. The molecule has 0 amide bonds. The fourth-order valence-corrected chi connectivity index (χ4v) is 5.59. The first-order chi connectivity index (χ1) is 19.6. The second-order valence-corrected chi connectivity index (χ2v) is 10.9. The standard InChI is InChI=1S/C31H27Cl3N4O2/c32-22-9-7-21(8-10-22)28-29(25-12-11-23(33)19-27(25)34)36-31-26(20-35-38(31)24-5-2-1-3-6-24)30(28)40-16-4-13-37-14-17-39-18-15-37/h1-3,5-12,19-20H,4,13-18H2. The maximum atomic E-state index is 6.77. The molecule has 5 aromatic rings. The van der Waals surface area contributed by atoms with Gasteiger partial charge in [0.2, 0.25) is 0 Å². The van der Waals surface area contributed by atoms with Crippen LogP contribution >= 0.6 is 34.8 Å². The lowest BCUT2D eigenvalue weighted by Gasteiger charge is -2.26. The lowest BCUT2D eigenvalue weighted by molar-refractivity contribution is 0.0358. The molecule has 1 aliphatic heterocycles. The average Bonchev–Trinajstić information content (AvgIpc) is 3.40. The quantitative estimate of drug-likeness (QED) is 0.172. The molecule has 2 aromatic heterocycles. The van der Waals surface area contributed by atoms with Gasteiger partial charge in [-0.2, -0.15) is 5.10 Å². The van der Waals surface area contributed by atoms with Crippen LogP contribution < -0.4 is 4.74 Å². The highest BCUT2D eigenvalue weighted by Crippen LogP contribution is 2.45. The number of nitrogens with zero attached hydrogens (tertiary/aromatic N) is 4. The Kier molecular flexibility index (Phi) is 8.23. The van der Waals surface area contributed by atoms with Gasteiger partial charge < -0.3 is 9.47 Å². The first-order valence-electron chi connectivity index (χ1n) is 13.2. The van der Waals surface area contributed by atoms with Crippen molar-refractivity contribution in [1.29, 1.82) is 0 Å². The summed E-state index contributed by atoms with van der Waals surface area (Å²) in [5.41, 5.74) is 4.74. The van der Waals surface area contributed by atoms with Crippen molar-refractivity contribution in [1.82, 2.24) is 19.7 Å². The van der Waals surface area contributed by atoms with Crippen molar-refractivity contribution in [2.24, 2.45) is 0 Å². The smallest absolute Gasteiger partial charge is 0.167 e. The molecule has 0 unspecified atom stereocenters. The van der Waals surface area contributed by atoms with Crippen LogP contribution in [0.15, 0.2) is 79.0 Å². The van der Waals surface area contributed by atoms with Gasteiger partial charge in [0.15, 0.2) is 5.65 Å².